The van der Waals surface area contributed by atoms with Gasteiger partial charge < -0.3 is 0 Å². The first-order chi connectivity index (χ1) is 12.9. The largest absolute Gasteiger partial charge is 0.218 e. The highest BCUT2D eigenvalue weighted by Crippen LogP contribution is 2.24. The smallest absolute Gasteiger partial charge is 0.207 e. The summed E-state index contributed by atoms with van der Waals surface area (Å²) < 4.78 is 52.0. The summed E-state index contributed by atoms with van der Waals surface area (Å²) in [6.45, 7) is 0. The zero-order valence-corrected chi connectivity index (χ0v) is 14.7. The van der Waals surface area contributed by atoms with Crippen molar-refractivity contribution >= 4 is 22.0 Å². The second-order valence-corrected chi connectivity index (χ2v) is 7.60. The third-order valence-corrected chi connectivity index (χ3v) is 5.73. The number of hydrogen-bond acceptors (Lipinski definition) is 3. The quantitative estimate of drug-likeness (QED) is 0.608. The van der Waals surface area contributed by atoms with Crippen LogP contribution in [0.15, 0.2) is 76.5 Å². The molecule has 0 saturated carbocycles. The first-order valence-electron chi connectivity index (χ1n) is 7.89. The van der Waals surface area contributed by atoms with E-state index >= 15 is 0 Å². The molecule has 3 aromatic rings. The summed E-state index contributed by atoms with van der Waals surface area (Å²) in [5.41, 5.74) is 0.940. The van der Waals surface area contributed by atoms with E-state index in [1.807, 2.05) is 6.07 Å². The predicted octanol–water partition coefficient (Wildman–Crippen LogP) is 4.84. The molecule has 0 aromatic heterocycles. The van der Waals surface area contributed by atoms with Crippen LogP contribution in [0.5, 0.6) is 0 Å². The Bertz CT molecular complexity index is 1160. The van der Waals surface area contributed by atoms with E-state index in [-0.39, 0.29) is 20.9 Å². The summed E-state index contributed by atoms with van der Waals surface area (Å²) in [6, 6.07) is 17.1. The van der Waals surface area contributed by atoms with Gasteiger partial charge in [0.2, 0.25) is 9.84 Å². The molecule has 0 fully saturated rings. The van der Waals surface area contributed by atoms with Gasteiger partial charge in [0.25, 0.3) is 0 Å². The highest BCUT2D eigenvalue weighted by molar-refractivity contribution is 7.91. The topological polar surface area (TPSA) is 57.9 Å². The molecule has 0 aliphatic rings. The van der Waals surface area contributed by atoms with Gasteiger partial charge in [-0.1, -0.05) is 36.4 Å². The van der Waals surface area contributed by atoms with Gasteiger partial charge in [-0.2, -0.15) is 5.26 Å². The zero-order chi connectivity index (χ0) is 19.4. The summed E-state index contributed by atoms with van der Waals surface area (Å²) >= 11 is 0. The summed E-state index contributed by atoms with van der Waals surface area (Å²) in [6.07, 6.45) is 3.07. The Morgan fingerprint density at radius 2 is 1.59 bits per heavy atom. The molecule has 0 spiro atoms. The van der Waals surface area contributed by atoms with Crippen molar-refractivity contribution < 1.29 is 17.2 Å². The molecule has 0 aliphatic carbocycles. The van der Waals surface area contributed by atoms with Gasteiger partial charge in [0.1, 0.15) is 17.7 Å². The van der Waals surface area contributed by atoms with E-state index in [1.165, 1.54) is 36.4 Å². The lowest BCUT2D eigenvalue weighted by molar-refractivity contribution is 0.581. The van der Waals surface area contributed by atoms with Gasteiger partial charge in [-0.15, -0.1) is 0 Å². The Morgan fingerprint density at radius 1 is 0.889 bits per heavy atom. The van der Waals surface area contributed by atoms with Crippen LogP contribution in [0, 0.1) is 23.0 Å². The van der Waals surface area contributed by atoms with E-state index in [4.69, 9.17) is 5.26 Å². The second-order valence-electron chi connectivity index (χ2n) is 5.68. The number of nitrogens with zero attached hydrogens (tertiary/aromatic N) is 1. The van der Waals surface area contributed by atoms with Crippen LogP contribution >= 0.6 is 0 Å². The lowest BCUT2D eigenvalue weighted by Gasteiger charge is -2.06. The minimum atomic E-state index is -3.83. The van der Waals surface area contributed by atoms with Crippen LogP contribution in [0.3, 0.4) is 0 Å². The lowest BCUT2D eigenvalue weighted by Crippen LogP contribution is -2.04. The van der Waals surface area contributed by atoms with Crippen molar-refractivity contribution in [1.29, 1.82) is 5.26 Å². The summed E-state index contributed by atoms with van der Waals surface area (Å²) in [4.78, 5) is -0.000474. The molecule has 3 rings (SSSR count). The van der Waals surface area contributed by atoms with E-state index in [9.17, 15) is 17.2 Å². The fourth-order valence-electron chi connectivity index (χ4n) is 2.50. The van der Waals surface area contributed by atoms with Crippen LogP contribution in [-0.4, -0.2) is 8.42 Å². The molecule has 6 heteroatoms. The van der Waals surface area contributed by atoms with Crippen LogP contribution < -0.4 is 0 Å². The van der Waals surface area contributed by atoms with Gasteiger partial charge in [-0.05, 0) is 42.0 Å². The molecule has 0 N–H and O–H groups in total. The van der Waals surface area contributed by atoms with Gasteiger partial charge in [-0.3, -0.25) is 0 Å². The van der Waals surface area contributed by atoms with E-state index < -0.39 is 21.5 Å². The molecule has 0 radical (unpaired) electrons. The number of halogens is 2. The molecular weight excluding hydrogens is 368 g/mol. The molecule has 0 amide bonds. The minimum absolute atomic E-state index is 0.0512. The van der Waals surface area contributed by atoms with Gasteiger partial charge in [0.05, 0.1) is 15.4 Å². The van der Waals surface area contributed by atoms with E-state index in [2.05, 4.69) is 0 Å². The Balaban J connectivity index is 1.89. The maximum Gasteiger partial charge on any atom is 0.207 e. The zero-order valence-electron chi connectivity index (χ0n) is 13.9. The molecule has 0 unspecified atom stereocenters. The van der Waals surface area contributed by atoms with Crippen molar-refractivity contribution in [2.75, 3.05) is 0 Å². The van der Waals surface area contributed by atoms with Crippen molar-refractivity contribution in [1.82, 2.24) is 0 Å². The van der Waals surface area contributed by atoms with Gasteiger partial charge in [0, 0.05) is 11.6 Å². The van der Waals surface area contributed by atoms with Gasteiger partial charge >= 0.3 is 0 Å². The minimum Gasteiger partial charge on any atom is -0.218 e. The van der Waals surface area contributed by atoms with Crippen LogP contribution in [0.25, 0.3) is 12.2 Å². The van der Waals surface area contributed by atoms with Crippen molar-refractivity contribution in [3.05, 3.63) is 95.1 Å². The van der Waals surface area contributed by atoms with Gasteiger partial charge in [0.15, 0.2) is 0 Å². The molecule has 134 valence electrons. The average Bonchev–Trinajstić information content (AvgIpc) is 2.67. The number of nitriles is 1. The fraction of sp³-hybridized carbons (Fsp3) is 0. The number of sulfone groups is 1. The van der Waals surface area contributed by atoms with E-state index in [0.29, 0.717) is 5.56 Å². The molecule has 0 aliphatic heterocycles. The highest BCUT2D eigenvalue weighted by atomic mass is 32.2. The van der Waals surface area contributed by atoms with Crippen molar-refractivity contribution in [2.45, 2.75) is 9.79 Å². The maximum absolute atomic E-state index is 13.6. The van der Waals surface area contributed by atoms with Crippen LogP contribution in [0.1, 0.15) is 16.7 Å². The van der Waals surface area contributed by atoms with Gasteiger partial charge in [-0.25, -0.2) is 17.2 Å². The molecule has 0 saturated heterocycles. The maximum atomic E-state index is 13.6. The van der Waals surface area contributed by atoms with Crippen molar-refractivity contribution in [3.63, 3.8) is 0 Å². The first kappa shape index (κ1) is 18.5. The van der Waals surface area contributed by atoms with Crippen LogP contribution in [0.2, 0.25) is 0 Å². The van der Waals surface area contributed by atoms with Crippen molar-refractivity contribution in [2.24, 2.45) is 0 Å². The van der Waals surface area contributed by atoms with E-state index in [1.54, 1.807) is 30.3 Å². The molecule has 3 nitrogen and oxygen atoms in total. The van der Waals surface area contributed by atoms with E-state index in [0.717, 1.165) is 12.1 Å². The van der Waals surface area contributed by atoms with Crippen LogP contribution in [0.4, 0.5) is 8.78 Å². The molecule has 0 atom stereocenters. The molecule has 0 bridgehead atoms. The standard InChI is InChI=1S/C21H13F2NO2S/c22-18-10-9-16(20(23)13-18)8-5-15-6-11-19(12-7-15)27(25,26)21-4-2-1-3-17(21)14-24/h1-13H. The first-order valence-corrected chi connectivity index (χ1v) is 9.37. The third kappa shape index (κ3) is 3.94. The number of rotatable bonds is 4. The Kier molecular flexibility index (Phi) is 5.15. The summed E-state index contributed by atoms with van der Waals surface area (Å²) in [7, 11) is -3.83. The molecule has 27 heavy (non-hydrogen) atoms. The second kappa shape index (κ2) is 7.52. The highest BCUT2D eigenvalue weighted by Gasteiger charge is 2.20. The predicted molar refractivity (Wildman–Crippen MR) is 98.3 cm³/mol. The average molecular weight is 381 g/mol. The number of benzene rings is 3. The third-order valence-electron chi connectivity index (χ3n) is 3.91. The SMILES string of the molecule is N#Cc1ccccc1S(=O)(=O)c1ccc(C=Cc2ccc(F)cc2F)cc1. The Labute approximate surface area is 155 Å². The number of hydrogen-bond donors (Lipinski definition) is 0. The fourth-order valence-corrected chi connectivity index (χ4v) is 3.91. The molecular formula is C21H13F2NO2S. The van der Waals surface area contributed by atoms with Crippen molar-refractivity contribution in [3.8, 4) is 6.07 Å². The molecule has 0 heterocycles. The van der Waals surface area contributed by atoms with Crippen LogP contribution in [-0.2, 0) is 9.84 Å². The Morgan fingerprint density at radius 3 is 2.26 bits per heavy atom. The normalized spacial score (nSPS) is 11.4. The summed E-state index contributed by atoms with van der Waals surface area (Å²) in [5.74, 6) is -1.34. The Hall–Kier alpha value is -3.30. The summed E-state index contributed by atoms with van der Waals surface area (Å²) in [5, 5.41) is 9.11. The molecule has 3 aromatic carbocycles. The lowest BCUT2D eigenvalue weighted by atomic mass is 10.1. The monoisotopic (exact) mass is 381 g/mol.